The molecule has 1 aromatic carbocycles. The molecule has 1 aliphatic carbocycles. The first kappa shape index (κ1) is 25.0. The second-order valence-electron chi connectivity index (χ2n) is 9.08. The third-order valence-corrected chi connectivity index (χ3v) is 6.54. The van der Waals surface area contributed by atoms with Crippen LogP contribution in [0, 0.1) is 5.92 Å². The van der Waals surface area contributed by atoms with E-state index in [9.17, 15) is 19.5 Å². The molecule has 4 N–H and O–H groups in total. The van der Waals surface area contributed by atoms with Crippen molar-refractivity contribution in [2.24, 2.45) is 11.1 Å². The third kappa shape index (κ3) is 6.52. The van der Waals surface area contributed by atoms with E-state index in [0.29, 0.717) is 24.6 Å². The molecule has 1 saturated carbocycles. The number of aliphatic carboxylic acids is 1. The Morgan fingerprint density at radius 2 is 2.08 bits per heavy atom. The monoisotopic (exact) mass is 498 g/mol. The fourth-order valence-corrected chi connectivity index (χ4v) is 4.43. The molecule has 192 valence electrons. The number of imidazole rings is 1. The largest absolute Gasteiger partial charge is 0.480 e. The maximum atomic E-state index is 12.2. The van der Waals surface area contributed by atoms with Gasteiger partial charge in [0.1, 0.15) is 18.2 Å². The van der Waals surface area contributed by atoms with Crippen LogP contribution < -0.4 is 10.6 Å². The van der Waals surface area contributed by atoms with Gasteiger partial charge in [-0.15, -0.1) is 0 Å². The highest BCUT2D eigenvalue weighted by molar-refractivity contribution is 5.93. The van der Waals surface area contributed by atoms with Gasteiger partial charge in [0.05, 0.1) is 13.0 Å². The molecule has 36 heavy (non-hydrogen) atoms. The van der Waals surface area contributed by atoms with E-state index in [2.05, 4.69) is 25.8 Å². The van der Waals surface area contributed by atoms with E-state index in [4.69, 9.17) is 9.57 Å². The average molecular weight is 499 g/mol. The molecule has 2 amide bonds. The van der Waals surface area contributed by atoms with E-state index in [1.54, 1.807) is 36.7 Å². The second kappa shape index (κ2) is 11.6. The number of carbonyl (C=O) groups is 3. The lowest BCUT2D eigenvalue weighted by Gasteiger charge is -2.35. The Bertz CT molecular complexity index is 1050. The SMILES string of the molecule is O=CN(C[C@H](NC(=O)OCc1ccccc1)C(=O)O)C1=NOC2(CCC(CNc3ncc[nH]3)CC2)C1. The molecule has 1 fully saturated rings. The lowest BCUT2D eigenvalue weighted by atomic mass is 9.77. The van der Waals surface area contributed by atoms with Crippen LogP contribution in [0.1, 0.15) is 37.7 Å². The van der Waals surface area contributed by atoms with Crippen LogP contribution in [0.2, 0.25) is 0 Å². The van der Waals surface area contributed by atoms with Crippen LogP contribution in [0.4, 0.5) is 10.7 Å². The molecule has 1 atom stereocenters. The summed E-state index contributed by atoms with van der Waals surface area (Å²) < 4.78 is 5.11. The molecule has 1 spiro atoms. The number of amidine groups is 1. The van der Waals surface area contributed by atoms with Crippen molar-refractivity contribution in [3.63, 3.8) is 0 Å². The van der Waals surface area contributed by atoms with E-state index in [1.807, 2.05) is 6.07 Å². The minimum absolute atomic E-state index is 0.00248. The fraction of sp³-hybridized carbons (Fsp3) is 0.458. The summed E-state index contributed by atoms with van der Waals surface area (Å²) in [6, 6.07) is 7.64. The number of ether oxygens (including phenoxy) is 1. The predicted molar refractivity (Wildman–Crippen MR) is 129 cm³/mol. The summed E-state index contributed by atoms with van der Waals surface area (Å²) in [6.45, 7) is 0.495. The van der Waals surface area contributed by atoms with E-state index in [0.717, 1.165) is 43.7 Å². The van der Waals surface area contributed by atoms with Gasteiger partial charge in [0.15, 0.2) is 11.8 Å². The Balaban J connectivity index is 1.25. The van der Waals surface area contributed by atoms with Gasteiger partial charge in [-0.05, 0) is 37.2 Å². The van der Waals surface area contributed by atoms with Gasteiger partial charge in [-0.2, -0.15) is 0 Å². The molecule has 0 bridgehead atoms. The summed E-state index contributed by atoms with van der Waals surface area (Å²) in [4.78, 5) is 49.8. The first-order valence-corrected chi connectivity index (χ1v) is 11.9. The zero-order chi connectivity index (χ0) is 25.4. The Labute approximate surface area is 208 Å². The number of hydrogen-bond acceptors (Lipinski definition) is 8. The van der Waals surface area contributed by atoms with Crippen molar-refractivity contribution in [1.29, 1.82) is 0 Å². The third-order valence-electron chi connectivity index (χ3n) is 6.54. The number of hydrogen-bond donors (Lipinski definition) is 4. The molecule has 0 radical (unpaired) electrons. The van der Waals surface area contributed by atoms with E-state index < -0.39 is 23.7 Å². The van der Waals surface area contributed by atoms with E-state index in [-0.39, 0.29) is 13.2 Å². The quantitative estimate of drug-likeness (QED) is 0.363. The van der Waals surface area contributed by atoms with Gasteiger partial charge in [-0.25, -0.2) is 14.6 Å². The van der Waals surface area contributed by atoms with Crippen LogP contribution in [0.25, 0.3) is 0 Å². The number of carboxylic acid groups (broad SMARTS) is 1. The van der Waals surface area contributed by atoms with Crippen molar-refractivity contribution in [2.75, 3.05) is 18.4 Å². The summed E-state index contributed by atoms with van der Waals surface area (Å²) in [6.07, 6.45) is 6.85. The number of anilines is 1. The van der Waals surface area contributed by atoms with Crippen molar-refractivity contribution in [3.8, 4) is 0 Å². The minimum Gasteiger partial charge on any atom is -0.480 e. The zero-order valence-corrected chi connectivity index (χ0v) is 19.8. The predicted octanol–water partition coefficient (Wildman–Crippen LogP) is 2.32. The van der Waals surface area contributed by atoms with Crippen LogP contribution in [-0.2, 0) is 25.8 Å². The van der Waals surface area contributed by atoms with Gasteiger partial charge >= 0.3 is 12.1 Å². The average Bonchev–Trinajstić information content (AvgIpc) is 3.56. The Hall–Kier alpha value is -4.09. The van der Waals surface area contributed by atoms with Gasteiger partial charge < -0.3 is 30.3 Å². The molecule has 1 aromatic heterocycles. The highest BCUT2D eigenvalue weighted by Crippen LogP contribution is 2.41. The number of carbonyl (C=O) groups excluding carboxylic acids is 2. The molecule has 0 saturated heterocycles. The number of carboxylic acids is 1. The molecular formula is C24H30N6O6. The van der Waals surface area contributed by atoms with Crippen LogP contribution in [0.3, 0.4) is 0 Å². The smallest absolute Gasteiger partial charge is 0.408 e. The van der Waals surface area contributed by atoms with Crippen molar-refractivity contribution < 1.29 is 29.1 Å². The van der Waals surface area contributed by atoms with Crippen molar-refractivity contribution >= 4 is 30.3 Å². The Kier molecular flexibility index (Phi) is 8.03. The van der Waals surface area contributed by atoms with Crippen LogP contribution in [-0.4, -0.2) is 69.0 Å². The maximum absolute atomic E-state index is 12.2. The molecule has 0 unspecified atom stereocenters. The maximum Gasteiger partial charge on any atom is 0.408 e. The highest BCUT2D eigenvalue weighted by atomic mass is 16.7. The molecule has 2 aromatic rings. The summed E-state index contributed by atoms with van der Waals surface area (Å²) in [5, 5.41) is 19.3. The molecule has 12 heteroatoms. The van der Waals surface area contributed by atoms with E-state index in [1.165, 1.54) is 4.90 Å². The minimum atomic E-state index is -1.37. The van der Waals surface area contributed by atoms with Crippen molar-refractivity contribution in [3.05, 3.63) is 48.3 Å². The Morgan fingerprint density at radius 3 is 2.75 bits per heavy atom. The van der Waals surface area contributed by atoms with Gasteiger partial charge in [-0.3, -0.25) is 9.69 Å². The standard InChI is InChI=1S/C24H30N6O6/c31-16-30(14-19(21(32)33)28-23(34)35-15-18-4-2-1-3-5-18)20-12-24(36-29-20)8-6-17(7-9-24)13-27-22-25-10-11-26-22/h1-5,10-11,16-17,19H,6-9,12-15H2,(H,28,34)(H,32,33)(H2,25,26,27)/t17?,19-,24?/m0/s1. The van der Waals surface area contributed by atoms with Crippen LogP contribution >= 0.6 is 0 Å². The van der Waals surface area contributed by atoms with Gasteiger partial charge in [0, 0.05) is 18.9 Å². The fourth-order valence-electron chi connectivity index (χ4n) is 4.43. The molecule has 2 aliphatic rings. The molecular weight excluding hydrogens is 468 g/mol. The van der Waals surface area contributed by atoms with Gasteiger partial charge in [-0.1, -0.05) is 35.5 Å². The number of alkyl carbamates (subject to hydrolysis) is 1. The number of amides is 2. The summed E-state index contributed by atoms with van der Waals surface area (Å²) in [5.41, 5.74) is 0.265. The summed E-state index contributed by atoms with van der Waals surface area (Å²) in [7, 11) is 0. The number of aromatic nitrogens is 2. The molecule has 12 nitrogen and oxygen atoms in total. The second-order valence-corrected chi connectivity index (χ2v) is 9.08. The number of rotatable bonds is 10. The molecule has 1 aliphatic heterocycles. The molecule has 4 rings (SSSR count). The zero-order valence-electron chi connectivity index (χ0n) is 19.8. The lowest BCUT2D eigenvalue weighted by molar-refractivity contribution is -0.139. The number of aromatic amines is 1. The lowest BCUT2D eigenvalue weighted by Crippen LogP contribution is -2.50. The number of H-pyrrole nitrogens is 1. The summed E-state index contributed by atoms with van der Waals surface area (Å²) >= 11 is 0. The van der Waals surface area contributed by atoms with E-state index >= 15 is 0 Å². The first-order valence-electron chi connectivity index (χ1n) is 11.9. The number of benzene rings is 1. The number of nitrogens with zero attached hydrogens (tertiary/aromatic N) is 3. The van der Waals surface area contributed by atoms with Crippen LogP contribution in [0.15, 0.2) is 47.9 Å². The highest BCUT2D eigenvalue weighted by Gasteiger charge is 2.44. The topological polar surface area (TPSA) is 158 Å². The Morgan fingerprint density at radius 1 is 1.31 bits per heavy atom. The summed E-state index contributed by atoms with van der Waals surface area (Å²) in [5.74, 6) is 0.253. The number of oxime groups is 1. The van der Waals surface area contributed by atoms with Gasteiger partial charge in [0.2, 0.25) is 6.41 Å². The van der Waals surface area contributed by atoms with Crippen molar-refractivity contribution in [1.82, 2.24) is 20.2 Å². The normalized spacial score (nSPS) is 21.7. The van der Waals surface area contributed by atoms with Crippen LogP contribution in [0.5, 0.6) is 0 Å². The van der Waals surface area contributed by atoms with Gasteiger partial charge in [0.25, 0.3) is 0 Å². The number of nitrogens with one attached hydrogen (secondary N) is 3. The first-order chi connectivity index (χ1) is 17.5. The molecule has 2 heterocycles. The van der Waals surface area contributed by atoms with Crippen molar-refractivity contribution in [2.45, 2.75) is 50.4 Å².